The predicted molar refractivity (Wildman–Crippen MR) is 129 cm³/mol. The van der Waals surface area contributed by atoms with Crippen molar-refractivity contribution in [3.05, 3.63) is 76.6 Å². The third kappa shape index (κ3) is 5.33. The lowest BCUT2D eigenvalue weighted by Crippen LogP contribution is -2.12. The number of aromatic nitrogens is 2. The number of benzene rings is 2. The highest BCUT2D eigenvalue weighted by Crippen LogP contribution is 2.28. The standard InChI is InChI=1S/C27H32N2O4/c1-6-16-29-23(24(27(31)33-7-2)25(28-29)18(3)4)17-19-12-14-20(15-13-19)21-10-8-9-11-22(21)26(30)32-5/h8-15,18H,6-7,16-17H2,1-5H3. The molecule has 0 spiro atoms. The molecule has 6 heteroatoms. The molecular formula is C27H32N2O4. The van der Waals surface area contributed by atoms with Crippen LogP contribution >= 0.6 is 0 Å². The molecule has 3 rings (SSSR count). The Morgan fingerprint density at radius 1 is 1.00 bits per heavy atom. The van der Waals surface area contributed by atoms with Crippen molar-refractivity contribution in [3.8, 4) is 11.1 Å². The van der Waals surface area contributed by atoms with Gasteiger partial charge < -0.3 is 9.47 Å². The zero-order valence-electron chi connectivity index (χ0n) is 20.1. The van der Waals surface area contributed by atoms with Crippen LogP contribution in [0.25, 0.3) is 11.1 Å². The summed E-state index contributed by atoms with van der Waals surface area (Å²) < 4.78 is 12.2. The minimum Gasteiger partial charge on any atom is -0.465 e. The summed E-state index contributed by atoms with van der Waals surface area (Å²) in [6.45, 7) is 9.05. The summed E-state index contributed by atoms with van der Waals surface area (Å²) in [5, 5.41) is 4.77. The van der Waals surface area contributed by atoms with Gasteiger partial charge in [0.15, 0.2) is 0 Å². The lowest BCUT2D eigenvalue weighted by atomic mass is 9.96. The molecule has 0 amide bonds. The number of esters is 2. The van der Waals surface area contributed by atoms with Crippen molar-refractivity contribution >= 4 is 11.9 Å². The Morgan fingerprint density at radius 2 is 1.70 bits per heavy atom. The van der Waals surface area contributed by atoms with E-state index in [9.17, 15) is 9.59 Å². The quantitative estimate of drug-likeness (QED) is 0.396. The van der Waals surface area contributed by atoms with Crippen molar-refractivity contribution in [2.45, 2.75) is 53.0 Å². The number of aryl methyl sites for hydroxylation is 1. The molecule has 0 saturated carbocycles. The van der Waals surface area contributed by atoms with Gasteiger partial charge in [0, 0.05) is 13.0 Å². The van der Waals surface area contributed by atoms with Crippen LogP contribution in [0, 0.1) is 0 Å². The topological polar surface area (TPSA) is 70.4 Å². The number of nitrogens with zero attached hydrogens (tertiary/aromatic N) is 2. The summed E-state index contributed by atoms with van der Waals surface area (Å²) in [6.07, 6.45) is 1.48. The van der Waals surface area contributed by atoms with Crippen molar-refractivity contribution in [2.75, 3.05) is 13.7 Å². The summed E-state index contributed by atoms with van der Waals surface area (Å²) >= 11 is 0. The van der Waals surface area contributed by atoms with Gasteiger partial charge in [0.1, 0.15) is 5.56 Å². The van der Waals surface area contributed by atoms with Crippen LogP contribution < -0.4 is 0 Å². The van der Waals surface area contributed by atoms with Gasteiger partial charge in [-0.15, -0.1) is 0 Å². The fourth-order valence-electron chi connectivity index (χ4n) is 3.94. The van der Waals surface area contributed by atoms with Crippen LogP contribution in [-0.4, -0.2) is 35.4 Å². The molecule has 0 aliphatic carbocycles. The monoisotopic (exact) mass is 448 g/mol. The number of hydrogen-bond donors (Lipinski definition) is 0. The van der Waals surface area contributed by atoms with E-state index in [1.165, 1.54) is 7.11 Å². The van der Waals surface area contributed by atoms with Gasteiger partial charge in [-0.05, 0) is 42.0 Å². The maximum absolute atomic E-state index is 12.8. The van der Waals surface area contributed by atoms with Crippen LogP contribution in [0.2, 0.25) is 0 Å². The first-order valence-electron chi connectivity index (χ1n) is 11.4. The van der Waals surface area contributed by atoms with Gasteiger partial charge in [-0.3, -0.25) is 4.68 Å². The number of rotatable bonds is 9. The van der Waals surface area contributed by atoms with Gasteiger partial charge in [0.2, 0.25) is 0 Å². The Bertz CT molecular complexity index is 1110. The Hall–Kier alpha value is -3.41. The zero-order valence-corrected chi connectivity index (χ0v) is 20.1. The van der Waals surface area contributed by atoms with Crippen molar-refractivity contribution in [1.82, 2.24) is 9.78 Å². The maximum Gasteiger partial charge on any atom is 0.341 e. The Kier molecular flexibility index (Phi) is 8.04. The molecule has 2 aromatic carbocycles. The highest BCUT2D eigenvalue weighted by molar-refractivity contribution is 5.97. The first-order chi connectivity index (χ1) is 15.9. The average Bonchev–Trinajstić information content (AvgIpc) is 3.18. The van der Waals surface area contributed by atoms with Gasteiger partial charge in [-0.25, -0.2) is 9.59 Å². The Labute approximate surface area is 195 Å². The fourth-order valence-corrected chi connectivity index (χ4v) is 3.94. The second kappa shape index (κ2) is 10.9. The Balaban J connectivity index is 1.99. The summed E-state index contributed by atoms with van der Waals surface area (Å²) in [5.41, 5.74) is 5.56. The molecule has 6 nitrogen and oxygen atoms in total. The second-order valence-electron chi connectivity index (χ2n) is 8.22. The number of methoxy groups -OCH3 is 1. The van der Waals surface area contributed by atoms with Gasteiger partial charge in [0.25, 0.3) is 0 Å². The van der Waals surface area contributed by atoms with E-state index in [1.54, 1.807) is 6.07 Å². The zero-order chi connectivity index (χ0) is 24.0. The van der Waals surface area contributed by atoms with Crippen molar-refractivity contribution in [3.63, 3.8) is 0 Å². The molecule has 0 aliphatic rings. The minimum absolute atomic E-state index is 0.110. The molecule has 1 aromatic heterocycles. The first-order valence-corrected chi connectivity index (χ1v) is 11.4. The lowest BCUT2D eigenvalue weighted by Gasteiger charge is -2.11. The molecule has 0 aliphatic heterocycles. The highest BCUT2D eigenvalue weighted by atomic mass is 16.5. The van der Waals surface area contributed by atoms with E-state index >= 15 is 0 Å². The first kappa shape index (κ1) is 24.2. The second-order valence-corrected chi connectivity index (χ2v) is 8.22. The summed E-state index contributed by atoms with van der Waals surface area (Å²) in [4.78, 5) is 25.0. The van der Waals surface area contributed by atoms with E-state index in [4.69, 9.17) is 14.6 Å². The third-order valence-electron chi connectivity index (χ3n) is 5.52. The SMILES string of the molecule is CCCn1nc(C(C)C)c(C(=O)OCC)c1Cc1ccc(-c2ccccc2C(=O)OC)cc1. The molecule has 0 atom stereocenters. The molecule has 0 unspecified atom stereocenters. The molecule has 0 saturated heterocycles. The molecule has 0 radical (unpaired) electrons. The van der Waals surface area contributed by atoms with Gasteiger partial charge in [-0.2, -0.15) is 5.10 Å². The number of carbonyl (C=O) groups is 2. The molecule has 0 bridgehead atoms. The van der Waals surface area contributed by atoms with E-state index in [2.05, 4.69) is 6.92 Å². The van der Waals surface area contributed by atoms with Crippen LogP contribution in [-0.2, 0) is 22.4 Å². The van der Waals surface area contributed by atoms with Crippen LogP contribution in [0.3, 0.4) is 0 Å². The van der Waals surface area contributed by atoms with E-state index in [1.807, 2.05) is 67.9 Å². The molecule has 3 aromatic rings. The smallest absolute Gasteiger partial charge is 0.341 e. The van der Waals surface area contributed by atoms with E-state index in [0.29, 0.717) is 24.2 Å². The highest BCUT2D eigenvalue weighted by Gasteiger charge is 2.26. The lowest BCUT2D eigenvalue weighted by molar-refractivity contribution is 0.0522. The van der Waals surface area contributed by atoms with Crippen LogP contribution in [0.5, 0.6) is 0 Å². The number of carbonyl (C=O) groups excluding carboxylic acids is 2. The van der Waals surface area contributed by atoms with E-state index in [0.717, 1.165) is 41.0 Å². The van der Waals surface area contributed by atoms with Gasteiger partial charge in [0.05, 0.1) is 30.7 Å². The van der Waals surface area contributed by atoms with Crippen molar-refractivity contribution < 1.29 is 19.1 Å². The Morgan fingerprint density at radius 3 is 2.30 bits per heavy atom. The molecule has 0 N–H and O–H groups in total. The maximum atomic E-state index is 12.8. The third-order valence-corrected chi connectivity index (χ3v) is 5.52. The predicted octanol–water partition coefficient (Wildman–Crippen LogP) is 5.64. The molecule has 0 fully saturated rings. The van der Waals surface area contributed by atoms with E-state index < -0.39 is 0 Å². The number of ether oxygens (including phenoxy) is 2. The summed E-state index contributed by atoms with van der Waals surface area (Å²) in [5.74, 6) is -0.570. The average molecular weight is 449 g/mol. The molecule has 174 valence electrons. The van der Waals surface area contributed by atoms with Gasteiger partial charge in [-0.1, -0.05) is 63.2 Å². The van der Waals surface area contributed by atoms with Crippen molar-refractivity contribution in [2.24, 2.45) is 0 Å². The molecule has 1 heterocycles. The largest absolute Gasteiger partial charge is 0.465 e. The van der Waals surface area contributed by atoms with Crippen molar-refractivity contribution in [1.29, 1.82) is 0 Å². The molecular weight excluding hydrogens is 416 g/mol. The molecule has 33 heavy (non-hydrogen) atoms. The van der Waals surface area contributed by atoms with Crippen LogP contribution in [0.1, 0.15) is 77.7 Å². The summed E-state index contributed by atoms with van der Waals surface area (Å²) in [6, 6.07) is 15.4. The van der Waals surface area contributed by atoms with Gasteiger partial charge >= 0.3 is 11.9 Å². The minimum atomic E-state index is -0.363. The number of hydrogen-bond acceptors (Lipinski definition) is 5. The normalized spacial score (nSPS) is 11.0. The van der Waals surface area contributed by atoms with Crippen LogP contribution in [0.4, 0.5) is 0 Å². The fraction of sp³-hybridized carbons (Fsp3) is 0.370. The van der Waals surface area contributed by atoms with Crippen LogP contribution in [0.15, 0.2) is 48.5 Å². The van der Waals surface area contributed by atoms with E-state index in [-0.39, 0.29) is 17.9 Å². The summed E-state index contributed by atoms with van der Waals surface area (Å²) in [7, 11) is 1.38.